The molecule has 0 saturated carbocycles. The van der Waals surface area contributed by atoms with E-state index in [9.17, 15) is 4.79 Å². The Morgan fingerprint density at radius 1 is 0.973 bits per heavy atom. The number of aromatic nitrogens is 4. The van der Waals surface area contributed by atoms with E-state index >= 15 is 0 Å². The number of piperidine rings is 1. The van der Waals surface area contributed by atoms with Gasteiger partial charge in [-0.05, 0) is 30.5 Å². The van der Waals surface area contributed by atoms with Crippen LogP contribution in [0.3, 0.4) is 0 Å². The Morgan fingerprint density at radius 3 is 2.51 bits per heavy atom. The Labute approximate surface area is 215 Å². The highest BCUT2D eigenvalue weighted by Crippen LogP contribution is 2.32. The predicted octanol–water partition coefficient (Wildman–Crippen LogP) is 3.27. The lowest BCUT2D eigenvalue weighted by Gasteiger charge is -2.32. The van der Waals surface area contributed by atoms with E-state index in [1.807, 2.05) is 18.3 Å². The van der Waals surface area contributed by atoms with E-state index in [1.54, 1.807) is 12.1 Å². The third-order valence-electron chi connectivity index (χ3n) is 7.30. The summed E-state index contributed by atoms with van der Waals surface area (Å²) in [6.07, 6.45) is 3.92. The summed E-state index contributed by atoms with van der Waals surface area (Å²) < 4.78 is 7.67. The van der Waals surface area contributed by atoms with E-state index in [0.29, 0.717) is 24.6 Å². The van der Waals surface area contributed by atoms with E-state index in [0.717, 1.165) is 68.0 Å². The van der Waals surface area contributed by atoms with E-state index in [1.165, 1.54) is 5.56 Å². The van der Waals surface area contributed by atoms with Gasteiger partial charge in [0.1, 0.15) is 5.82 Å². The molecule has 0 spiro atoms. The second-order valence-electron chi connectivity index (χ2n) is 9.73. The average molecular weight is 498 g/mol. The van der Waals surface area contributed by atoms with E-state index in [-0.39, 0.29) is 6.04 Å². The van der Waals surface area contributed by atoms with Gasteiger partial charge in [-0.1, -0.05) is 42.5 Å². The van der Waals surface area contributed by atoms with Gasteiger partial charge in [0.15, 0.2) is 11.5 Å². The van der Waals surface area contributed by atoms with Gasteiger partial charge in [-0.2, -0.15) is 5.10 Å². The van der Waals surface area contributed by atoms with E-state index in [4.69, 9.17) is 25.5 Å². The molecule has 9 heteroatoms. The van der Waals surface area contributed by atoms with Crippen molar-refractivity contribution in [3.05, 3.63) is 71.9 Å². The summed E-state index contributed by atoms with van der Waals surface area (Å²) in [7, 11) is 0. The molecule has 2 saturated heterocycles. The number of rotatable bonds is 6. The van der Waals surface area contributed by atoms with Gasteiger partial charge >= 0.3 is 0 Å². The zero-order valence-electron chi connectivity index (χ0n) is 20.8. The molecule has 6 rings (SSSR count). The van der Waals surface area contributed by atoms with Crippen molar-refractivity contribution in [3.8, 4) is 11.4 Å². The number of likely N-dealkylation sites (tertiary alicyclic amines) is 1. The minimum atomic E-state index is -0.469. The lowest BCUT2D eigenvalue weighted by atomic mass is 10.0. The molecule has 2 aromatic heterocycles. The SMILES string of the molecule is NC(=O)c1cccc(-c2nc(N3CCOCC3)c3cnn(C4CCN(Cc5ccccc5)CC4)c3n2)c1. The molecule has 2 aliphatic heterocycles. The molecule has 0 unspecified atom stereocenters. The summed E-state index contributed by atoms with van der Waals surface area (Å²) in [6, 6.07) is 18.1. The molecule has 2 aliphatic rings. The Morgan fingerprint density at radius 2 is 1.76 bits per heavy atom. The van der Waals surface area contributed by atoms with Crippen molar-refractivity contribution in [2.24, 2.45) is 5.73 Å². The molecule has 4 aromatic rings. The molecule has 2 aromatic carbocycles. The van der Waals surface area contributed by atoms with Crippen LogP contribution in [0.2, 0.25) is 0 Å². The van der Waals surface area contributed by atoms with Crippen molar-refractivity contribution in [1.29, 1.82) is 0 Å². The zero-order valence-corrected chi connectivity index (χ0v) is 20.8. The van der Waals surface area contributed by atoms with Gasteiger partial charge in [-0.25, -0.2) is 14.6 Å². The summed E-state index contributed by atoms with van der Waals surface area (Å²) >= 11 is 0. The van der Waals surface area contributed by atoms with Crippen LogP contribution in [-0.2, 0) is 11.3 Å². The molecule has 1 amide bonds. The Balaban J connectivity index is 1.33. The molecular formula is C28H31N7O2. The molecule has 0 radical (unpaired) electrons. The normalized spacial score (nSPS) is 17.4. The maximum atomic E-state index is 11.8. The summed E-state index contributed by atoms with van der Waals surface area (Å²) in [5, 5.41) is 5.78. The van der Waals surface area contributed by atoms with Gasteiger partial charge in [-0.15, -0.1) is 0 Å². The Bertz CT molecular complexity index is 1390. The Kier molecular flexibility index (Phi) is 6.55. The van der Waals surface area contributed by atoms with E-state index in [2.05, 4.69) is 44.8 Å². The van der Waals surface area contributed by atoms with Crippen molar-refractivity contribution >= 4 is 22.8 Å². The molecule has 190 valence electrons. The fourth-order valence-electron chi connectivity index (χ4n) is 5.30. The van der Waals surface area contributed by atoms with Crippen LogP contribution in [0.1, 0.15) is 34.8 Å². The number of nitrogens with two attached hydrogens (primary N) is 1. The minimum absolute atomic E-state index is 0.266. The van der Waals surface area contributed by atoms with Crippen molar-refractivity contribution in [2.45, 2.75) is 25.4 Å². The van der Waals surface area contributed by atoms with Crippen LogP contribution < -0.4 is 10.6 Å². The second kappa shape index (κ2) is 10.3. The molecule has 37 heavy (non-hydrogen) atoms. The third kappa shape index (κ3) is 4.92. The largest absolute Gasteiger partial charge is 0.378 e. The van der Waals surface area contributed by atoms with Crippen molar-refractivity contribution in [2.75, 3.05) is 44.3 Å². The first-order valence-electron chi connectivity index (χ1n) is 12.9. The molecule has 0 aliphatic carbocycles. The highest BCUT2D eigenvalue weighted by atomic mass is 16.5. The number of hydrogen-bond donors (Lipinski definition) is 1. The lowest BCUT2D eigenvalue weighted by Crippen LogP contribution is -2.37. The smallest absolute Gasteiger partial charge is 0.248 e. The topological polar surface area (TPSA) is 102 Å². The fourth-order valence-corrected chi connectivity index (χ4v) is 5.30. The number of primary amides is 1. The van der Waals surface area contributed by atoms with Crippen molar-refractivity contribution in [1.82, 2.24) is 24.6 Å². The first-order chi connectivity index (χ1) is 18.2. The molecular weight excluding hydrogens is 466 g/mol. The van der Waals surface area contributed by atoms with Crippen LogP contribution in [0, 0.1) is 0 Å². The standard InChI is InChI=1S/C28H31N7O2/c29-25(36)21-7-4-8-22(17-21)26-31-27(34-13-15-37-16-14-34)24-18-30-35(28(24)32-26)23-9-11-33(12-10-23)19-20-5-2-1-3-6-20/h1-8,17-18,23H,9-16,19H2,(H2,29,36). The second-order valence-corrected chi connectivity index (χ2v) is 9.73. The molecule has 9 nitrogen and oxygen atoms in total. The fraction of sp³-hybridized carbons (Fsp3) is 0.357. The van der Waals surface area contributed by atoms with Gasteiger partial charge < -0.3 is 15.4 Å². The summed E-state index contributed by atoms with van der Waals surface area (Å²) in [5.74, 6) is 0.963. The lowest BCUT2D eigenvalue weighted by molar-refractivity contribution is 0.100. The number of fused-ring (bicyclic) bond motifs is 1. The number of morpholine rings is 1. The van der Waals surface area contributed by atoms with Gasteiger partial charge in [0.25, 0.3) is 0 Å². The van der Waals surface area contributed by atoms with Gasteiger partial charge in [0.2, 0.25) is 5.91 Å². The van der Waals surface area contributed by atoms with Gasteiger partial charge in [0.05, 0.1) is 30.8 Å². The number of carbonyl (C=O) groups excluding carboxylic acids is 1. The Hall–Kier alpha value is -3.82. The molecule has 4 heterocycles. The van der Waals surface area contributed by atoms with Gasteiger partial charge in [-0.3, -0.25) is 9.69 Å². The maximum Gasteiger partial charge on any atom is 0.248 e. The summed E-state index contributed by atoms with van der Waals surface area (Å²) in [5.41, 5.74) is 8.92. The van der Waals surface area contributed by atoms with Crippen molar-refractivity contribution < 1.29 is 9.53 Å². The quantitative estimate of drug-likeness (QED) is 0.436. The number of amides is 1. The predicted molar refractivity (Wildman–Crippen MR) is 142 cm³/mol. The average Bonchev–Trinajstić information content (AvgIpc) is 3.38. The van der Waals surface area contributed by atoms with Gasteiger partial charge in [0, 0.05) is 43.9 Å². The monoisotopic (exact) mass is 497 g/mol. The van der Waals surface area contributed by atoms with Crippen LogP contribution in [-0.4, -0.2) is 69.9 Å². The first-order valence-corrected chi connectivity index (χ1v) is 12.9. The maximum absolute atomic E-state index is 11.8. The van der Waals surface area contributed by atoms with Crippen molar-refractivity contribution in [3.63, 3.8) is 0 Å². The number of carbonyl (C=O) groups is 1. The van der Waals surface area contributed by atoms with Crippen LogP contribution in [0.25, 0.3) is 22.4 Å². The summed E-state index contributed by atoms with van der Waals surface area (Å²) in [4.78, 5) is 26.5. The molecule has 0 bridgehead atoms. The van der Waals surface area contributed by atoms with Crippen LogP contribution in [0.4, 0.5) is 5.82 Å². The number of benzene rings is 2. The highest BCUT2D eigenvalue weighted by molar-refractivity contribution is 5.94. The highest BCUT2D eigenvalue weighted by Gasteiger charge is 2.26. The number of nitrogens with zero attached hydrogens (tertiary/aromatic N) is 6. The summed E-state index contributed by atoms with van der Waals surface area (Å²) in [6.45, 7) is 5.83. The molecule has 2 fully saturated rings. The van der Waals surface area contributed by atoms with Crippen LogP contribution >= 0.6 is 0 Å². The number of ether oxygens (including phenoxy) is 1. The third-order valence-corrected chi connectivity index (χ3v) is 7.30. The van der Waals surface area contributed by atoms with E-state index < -0.39 is 5.91 Å². The number of hydrogen-bond acceptors (Lipinski definition) is 7. The van der Waals surface area contributed by atoms with Crippen LogP contribution in [0.15, 0.2) is 60.8 Å². The number of anilines is 1. The first kappa shape index (κ1) is 23.6. The zero-order chi connectivity index (χ0) is 25.2. The molecule has 0 atom stereocenters. The minimum Gasteiger partial charge on any atom is -0.378 e. The van der Waals surface area contributed by atoms with Crippen LogP contribution in [0.5, 0.6) is 0 Å². The molecule has 2 N–H and O–H groups in total.